The van der Waals surface area contributed by atoms with E-state index in [1.54, 1.807) is 7.11 Å². The largest absolute Gasteiger partial charge is 0.497 e. The average molecular weight is 465 g/mol. The molecule has 2 aliphatic heterocycles. The lowest BCUT2D eigenvalue weighted by atomic mass is 10.0. The fraction of sp³-hybridized carbons (Fsp3) is 0.481. The molecule has 2 saturated heterocycles. The van der Waals surface area contributed by atoms with Gasteiger partial charge >= 0.3 is 6.03 Å². The third kappa shape index (κ3) is 6.08. The number of urea groups is 1. The van der Waals surface area contributed by atoms with Gasteiger partial charge in [0.1, 0.15) is 5.75 Å². The first-order chi connectivity index (χ1) is 16.5. The summed E-state index contributed by atoms with van der Waals surface area (Å²) < 4.78 is 5.26. The van der Waals surface area contributed by atoms with Crippen LogP contribution in [0.2, 0.25) is 0 Å². The lowest BCUT2D eigenvalue weighted by Crippen LogP contribution is -2.54. The van der Waals surface area contributed by atoms with Gasteiger partial charge in [-0.25, -0.2) is 4.79 Å². The highest BCUT2D eigenvalue weighted by Gasteiger charge is 2.32. The molecular formula is C27H36N4O3. The van der Waals surface area contributed by atoms with E-state index in [4.69, 9.17) is 4.74 Å². The van der Waals surface area contributed by atoms with Gasteiger partial charge in [0.25, 0.3) is 0 Å². The number of carbonyl (C=O) groups excluding carboxylic acids is 2. The second-order valence-corrected chi connectivity index (χ2v) is 9.26. The molecule has 0 radical (unpaired) electrons. The summed E-state index contributed by atoms with van der Waals surface area (Å²) in [5.41, 5.74) is 3.33. The molecule has 2 heterocycles. The van der Waals surface area contributed by atoms with Crippen molar-refractivity contribution in [3.8, 4) is 5.75 Å². The molecule has 34 heavy (non-hydrogen) atoms. The van der Waals surface area contributed by atoms with Crippen molar-refractivity contribution in [3.05, 3.63) is 65.2 Å². The summed E-state index contributed by atoms with van der Waals surface area (Å²) in [6, 6.07) is 16.2. The van der Waals surface area contributed by atoms with E-state index >= 15 is 0 Å². The monoisotopic (exact) mass is 464 g/mol. The first-order valence-electron chi connectivity index (χ1n) is 12.3. The first-order valence-corrected chi connectivity index (χ1v) is 12.3. The molecule has 2 fully saturated rings. The highest BCUT2D eigenvalue weighted by molar-refractivity contribution is 5.79. The van der Waals surface area contributed by atoms with Crippen molar-refractivity contribution in [3.63, 3.8) is 0 Å². The predicted molar refractivity (Wildman–Crippen MR) is 133 cm³/mol. The van der Waals surface area contributed by atoms with Crippen LogP contribution < -0.4 is 10.1 Å². The lowest BCUT2D eigenvalue weighted by Gasteiger charge is -2.43. The third-order valence-electron chi connectivity index (χ3n) is 6.85. The first kappa shape index (κ1) is 24.1. The minimum atomic E-state index is 0.0145. The summed E-state index contributed by atoms with van der Waals surface area (Å²) in [6.07, 6.45) is 3.56. The second kappa shape index (κ2) is 11.4. The van der Waals surface area contributed by atoms with E-state index in [1.807, 2.05) is 29.2 Å². The van der Waals surface area contributed by atoms with E-state index in [0.29, 0.717) is 26.1 Å². The molecule has 7 nitrogen and oxygen atoms in total. The highest BCUT2D eigenvalue weighted by atomic mass is 16.5. The Kier molecular flexibility index (Phi) is 8.06. The Hall–Kier alpha value is -3.06. The number of hydrogen-bond donors (Lipinski definition) is 1. The van der Waals surface area contributed by atoms with Crippen molar-refractivity contribution in [2.24, 2.45) is 0 Å². The molecule has 1 N–H and O–H groups in total. The topological polar surface area (TPSA) is 65.1 Å². The van der Waals surface area contributed by atoms with Gasteiger partial charge in [-0.05, 0) is 49.4 Å². The average Bonchev–Trinajstić information content (AvgIpc) is 3.27. The van der Waals surface area contributed by atoms with Crippen molar-refractivity contribution in [1.82, 2.24) is 20.0 Å². The maximum absolute atomic E-state index is 13.7. The van der Waals surface area contributed by atoms with E-state index in [1.165, 1.54) is 5.56 Å². The van der Waals surface area contributed by atoms with Crippen molar-refractivity contribution < 1.29 is 14.3 Å². The normalized spacial score (nSPS) is 18.6. The minimum absolute atomic E-state index is 0.0145. The number of carbonyl (C=O) groups is 2. The van der Waals surface area contributed by atoms with Gasteiger partial charge in [-0.1, -0.05) is 42.0 Å². The zero-order chi connectivity index (χ0) is 23.9. The number of nitrogens with zero attached hydrogens (tertiary/aromatic N) is 3. The molecule has 0 bridgehead atoms. The van der Waals surface area contributed by atoms with Crippen LogP contribution in [0.4, 0.5) is 4.79 Å². The number of benzene rings is 2. The number of rotatable bonds is 9. The minimum Gasteiger partial charge on any atom is -0.497 e. The van der Waals surface area contributed by atoms with E-state index in [0.717, 1.165) is 55.8 Å². The molecule has 2 aromatic rings. The van der Waals surface area contributed by atoms with Gasteiger partial charge in [0.15, 0.2) is 0 Å². The van der Waals surface area contributed by atoms with Crippen LogP contribution in [0.5, 0.6) is 5.75 Å². The quantitative estimate of drug-likeness (QED) is 0.618. The van der Waals surface area contributed by atoms with Crippen molar-refractivity contribution >= 4 is 11.9 Å². The summed E-state index contributed by atoms with van der Waals surface area (Å²) in [5.74, 6) is 0.915. The Morgan fingerprint density at radius 2 is 1.76 bits per heavy atom. The molecule has 4 rings (SSSR count). The van der Waals surface area contributed by atoms with E-state index in [9.17, 15) is 9.59 Å². The van der Waals surface area contributed by atoms with Crippen LogP contribution in [0.1, 0.15) is 36.0 Å². The summed E-state index contributed by atoms with van der Waals surface area (Å²) in [4.78, 5) is 32.0. The number of methoxy groups -OCH3 is 1. The van der Waals surface area contributed by atoms with Crippen molar-refractivity contribution in [1.29, 1.82) is 0 Å². The molecule has 0 saturated carbocycles. The van der Waals surface area contributed by atoms with Crippen LogP contribution in [-0.4, -0.2) is 72.6 Å². The van der Waals surface area contributed by atoms with Crippen LogP contribution >= 0.6 is 0 Å². The van der Waals surface area contributed by atoms with Crippen LogP contribution in [0.25, 0.3) is 0 Å². The molecule has 182 valence electrons. The van der Waals surface area contributed by atoms with Gasteiger partial charge in [-0.3, -0.25) is 9.69 Å². The molecule has 2 aliphatic rings. The summed E-state index contributed by atoms with van der Waals surface area (Å²) in [5, 5.41) is 2.88. The van der Waals surface area contributed by atoms with Crippen molar-refractivity contribution in [2.75, 3.05) is 39.8 Å². The number of aryl methyl sites for hydroxylation is 1. The molecular weight excluding hydrogens is 428 g/mol. The molecule has 3 amide bonds. The van der Waals surface area contributed by atoms with Gasteiger partial charge in [0.05, 0.1) is 19.7 Å². The third-order valence-corrected chi connectivity index (χ3v) is 6.85. The zero-order valence-electron chi connectivity index (χ0n) is 20.3. The number of piperidine rings is 1. The van der Waals surface area contributed by atoms with E-state index in [2.05, 4.69) is 46.3 Å². The molecule has 0 spiro atoms. The molecule has 7 heteroatoms. The molecule has 1 atom stereocenters. The fourth-order valence-corrected chi connectivity index (χ4v) is 4.83. The number of amides is 3. The van der Waals surface area contributed by atoms with E-state index < -0.39 is 0 Å². The molecule has 1 unspecified atom stereocenters. The Morgan fingerprint density at radius 1 is 1.03 bits per heavy atom. The Morgan fingerprint density at radius 3 is 2.44 bits per heavy atom. The smallest absolute Gasteiger partial charge is 0.317 e. The van der Waals surface area contributed by atoms with E-state index in [-0.39, 0.29) is 18.1 Å². The van der Waals surface area contributed by atoms with Crippen LogP contribution in [-0.2, 0) is 17.8 Å². The number of hydrogen-bond acceptors (Lipinski definition) is 4. The van der Waals surface area contributed by atoms with Gasteiger partial charge < -0.3 is 19.9 Å². The Labute approximate surface area is 202 Å². The number of nitrogens with one attached hydrogen (secondary N) is 1. The molecule has 0 aromatic heterocycles. The molecule has 0 aliphatic carbocycles. The Balaban J connectivity index is 1.52. The fourth-order valence-electron chi connectivity index (χ4n) is 4.83. The SMILES string of the molecule is COc1ccc(CC(=O)N(Cc2ccc(C)cc2)C2CCCCN2CCN2CCNC2=O)cc1. The van der Waals surface area contributed by atoms with Crippen LogP contribution in [0.15, 0.2) is 48.5 Å². The highest BCUT2D eigenvalue weighted by Crippen LogP contribution is 2.24. The van der Waals surface area contributed by atoms with Gasteiger partial charge in [0, 0.05) is 39.3 Å². The predicted octanol–water partition coefficient (Wildman–Crippen LogP) is 3.41. The zero-order valence-corrected chi connectivity index (χ0v) is 20.3. The van der Waals surface area contributed by atoms with Gasteiger partial charge in [-0.15, -0.1) is 0 Å². The van der Waals surface area contributed by atoms with Gasteiger partial charge in [0.2, 0.25) is 5.91 Å². The van der Waals surface area contributed by atoms with Crippen LogP contribution in [0, 0.1) is 6.92 Å². The second-order valence-electron chi connectivity index (χ2n) is 9.26. The molecule has 2 aromatic carbocycles. The Bertz CT molecular complexity index is 961. The maximum Gasteiger partial charge on any atom is 0.317 e. The summed E-state index contributed by atoms with van der Waals surface area (Å²) >= 11 is 0. The maximum atomic E-state index is 13.7. The standard InChI is InChI=1S/C27H36N4O3/c1-21-6-8-23(9-7-21)20-31(26(32)19-22-10-12-24(34-2)13-11-22)25-5-3-4-15-29(25)17-18-30-16-14-28-27(30)33/h6-13,25H,3-5,14-20H2,1-2H3,(H,28,33). The van der Waals surface area contributed by atoms with Gasteiger partial charge in [-0.2, -0.15) is 0 Å². The summed E-state index contributed by atoms with van der Waals surface area (Å²) in [7, 11) is 1.65. The lowest BCUT2D eigenvalue weighted by molar-refractivity contribution is -0.139. The summed E-state index contributed by atoms with van der Waals surface area (Å²) in [6.45, 7) is 6.53. The van der Waals surface area contributed by atoms with Crippen molar-refractivity contribution in [2.45, 2.75) is 45.3 Å². The van der Waals surface area contributed by atoms with Crippen LogP contribution in [0.3, 0.4) is 0 Å². The number of ether oxygens (including phenoxy) is 1. The number of likely N-dealkylation sites (tertiary alicyclic amines) is 1.